The van der Waals surface area contributed by atoms with Crippen LogP contribution in [0.15, 0.2) is 36.5 Å². The lowest BCUT2D eigenvalue weighted by molar-refractivity contribution is -0.154. The van der Waals surface area contributed by atoms with E-state index in [1.165, 1.54) is 12.3 Å². The highest BCUT2D eigenvalue weighted by Crippen LogP contribution is 2.30. The Balaban J connectivity index is 1.72. The molecule has 1 aliphatic heterocycles. The van der Waals surface area contributed by atoms with E-state index in [9.17, 15) is 22.8 Å². The van der Waals surface area contributed by atoms with Crippen LogP contribution in [0.4, 0.5) is 13.2 Å². The van der Waals surface area contributed by atoms with Gasteiger partial charge in [-0.2, -0.15) is 13.2 Å². The topological polar surface area (TPSA) is 92.4 Å². The number of pyridine rings is 1. The van der Waals surface area contributed by atoms with Gasteiger partial charge in [-0.3, -0.25) is 14.9 Å². The van der Waals surface area contributed by atoms with Crippen molar-refractivity contribution >= 4 is 23.4 Å². The van der Waals surface area contributed by atoms with E-state index in [0.717, 1.165) is 5.56 Å². The van der Waals surface area contributed by atoms with Gasteiger partial charge in [0, 0.05) is 47.8 Å². The van der Waals surface area contributed by atoms with Crippen LogP contribution < -0.4 is 20.7 Å². The van der Waals surface area contributed by atoms with Crippen molar-refractivity contribution in [3.63, 3.8) is 0 Å². The predicted molar refractivity (Wildman–Crippen MR) is 115 cm³/mol. The lowest BCUT2D eigenvalue weighted by Crippen LogP contribution is -2.46. The second kappa shape index (κ2) is 10.4. The first-order chi connectivity index (χ1) is 15.5. The normalized spacial score (nSPS) is 18.7. The number of carbonyl (C=O) groups is 2. The number of alkyl halides is 3. The molecule has 11 heteroatoms. The highest BCUT2D eigenvalue weighted by Gasteiger charge is 2.30. The second-order valence-electron chi connectivity index (χ2n) is 7.99. The number of ether oxygens (including phenoxy) is 1. The van der Waals surface area contributed by atoms with Gasteiger partial charge in [-0.1, -0.05) is 37.6 Å². The average molecular weight is 485 g/mol. The van der Waals surface area contributed by atoms with Gasteiger partial charge in [0.25, 0.3) is 0 Å². The summed E-state index contributed by atoms with van der Waals surface area (Å²) in [6.07, 6.45) is -3.57. The summed E-state index contributed by atoms with van der Waals surface area (Å²) in [5, 5.41) is 9.39. The minimum atomic E-state index is -4.46. The van der Waals surface area contributed by atoms with Crippen molar-refractivity contribution in [1.82, 2.24) is 20.9 Å². The molecule has 1 fully saturated rings. The number of amides is 2. The summed E-state index contributed by atoms with van der Waals surface area (Å²) in [6, 6.07) is 7.74. The van der Waals surface area contributed by atoms with Gasteiger partial charge < -0.3 is 15.4 Å². The van der Waals surface area contributed by atoms with Crippen LogP contribution in [0.1, 0.15) is 49.2 Å². The molecule has 0 spiro atoms. The molecular formula is C22H24ClF3N4O3. The van der Waals surface area contributed by atoms with Crippen LogP contribution in [0, 0.1) is 5.92 Å². The number of aromatic nitrogens is 1. The van der Waals surface area contributed by atoms with E-state index in [4.69, 9.17) is 11.6 Å². The Morgan fingerprint density at radius 1 is 1.30 bits per heavy atom. The summed E-state index contributed by atoms with van der Waals surface area (Å²) in [5.41, 5.74) is 2.06. The van der Waals surface area contributed by atoms with E-state index < -0.39 is 25.0 Å². The maximum atomic E-state index is 12.4. The number of hydrogen-bond acceptors (Lipinski definition) is 5. The maximum Gasteiger partial charge on any atom is 0.422 e. The Hall–Kier alpha value is -2.85. The molecule has 1 aromatic heterocycles. The van der Waals surface area contributed by atoms with Crippen LogP contribution >= 0.6 is 11.6 Å². The molecule has 3 N–H and O–H groups in total. The standard InChI is InChI=1S/C22H24ClF3N4O3/c1-12(2)21(32)28-9-13-3-5-16(23)15(7-13)20-29-17(8-18(31)30-20)14-4-6-19(27-10-14)33-11-22(24,25)26/h3-7,10,12,17,20,29H,8-9,11H2,1-2H3,(H,28,32)(H,30,31). The van der Waals surface area contributed by atoms with Crippen LogP contribution in [0.25, 0.3) is 0 Å². The number of nitrogens with zero attached hydrogens (tertiary/aromatic N) is 1. The number of nitrogens with one attached hydrogen (secondary N) is 3. The molecule has 2 unspecified atom stereocenters. The molecule has 0 aliphatic carbocycles. The van der Waals surface area contributed by atoms with Crippen molar-refractivity contribution in [1.29, 1.82) is 0 Å². The molecule has 2 atom stereocenters. The number of halogens is 4. The van der Waals surface area contributed by atoms with Crippen molar-refractivity contribution in [2.45, 2.75) is 45.2 Å². The molecule has 2 aromatic rings. The van der Waals surface area contributed by atoms with Crippen LogP contribution in [0.2, 0.25) is 5.02 Å². The summed E-state index contributed by atoms with van der Waals surface area (Å²) in [7, 11) is 0. The zero-order valence-electron chi connectivity index (χ0n) is 18.0. The average Bonchev–Trinajstić information content (AvgIpc) is 2.76. The van der Waals surface area contributed by atoms with E-state index in [2.05, 4.69) is 25.7 Å². The minimum absolute atomic E-state index is 0.0779. The first-order valence-electron chi connectivity index (χ1n) is 10.3. The Morgan fingerprint density at radius 3 is 2.70 bits per heavy atom. The van der Waals surface area contributed by atoms with Crippen LogP contribution in [0.3, 0.4) is 0 Å². The highest BCUT2D eigenvalue weighted by molar-refractivity contribution is 6.31. The summed E-state index contributed by atoms with van der Waals surface area (Å²) in [4.78, 5) is 28.1. The van der Waals surface area contributed by atoms with Gasteiger partial charge in [0.05, 0.1) is 0 Å². The Bertz CT molecular complexity index is 999. The van der Waals surface area contributed by atoms with Crippen molar-refractivity contribution in [3.05, 3.63) is 58.2 Å². The molecule has 178 valence electrons. The lowest BCUT2D eigenvalue weighted by Gasteiger charge is -2.32. The number of rotatable bonds is 7. The van der Waals surface area contributed by atoms with Crippen molar-refractivity contribution in [2.24, 2.45) is 5.92 Å². The lowest BCUT2D eigenvalue weighted by atomic mass is 9.99. The van der Waals surface area contributed by atoms with Gasteiger partial charge in [-0.25, -0.2) is 4.98 Å². The summed E-state index contributed by atoms with van der Waals surface area (Å²) < 4.78 is 41.5. The second-order valence-corrected chi connectivity index (χ2v) is 8.39. The van der Waals surface area contributed by atoms with Crippen LogP contribution in [0.5, 0.6) is 5.88 Å². The third-order valence-corrected chi connectivity index (χ3v) is 5.31. The zero-order chi connectivity index (χ0) is 24.2. The number of carbonyl (C=O) groups excluding carboxylic acids is 2. The van der Waals surface area contributed by atoms with Gasteiger partial charge in [-0.05, 0) is 23.3 Å². The first kappa shape index (κ1) is 24.8. The van der Waals surface area contributed by atoms with Crippen molar-refractivity contribution in [3.8, 4) is 5.88 Å². The SMILES string of the molecule is CC(C)C(=O)NCc1ccc(Cl)c(C2NC(=O)CC(c3ccc(OCC(F)(F)F)nc3)N2)c1. The zero-order valence-corrected chi connectivity index (χ0v) is 18.8. The van der Waals surface area contributed by atoms with Crippen LogP contribution in [-0.2, 0) is 16.1 Å². The Kier molecular flexibility index (Phi) is 7.80. The largest absolute Gasteiger partial charge is 0.468 e. The number of benzene rings is 1. The molecule has 1 aromatic carbocycles. The molecular weight excluding hydrogens is 461 g/mol. The molecule has 2 heterocycles. The Morgan fingerprint density at radius 2 is 2.06 bits per heavy atom. The van der Waals surface area contributed by atoms with Crippen LogP contribution in [-0.4, -0.2) is 29.6 Å². The molecule has 0 radical (unpaired) electrons. The summed E-state index contributed by atoms with van der Waals surface area (Å²) in [5.74, 6) is -0.607. The fourth-order valence-electron chi connectivity index (χ4n) is 3.25. The summed E-state index contributed by atoms with van der Waals surface area (Å²) >= 11 is 6.38. The molecule has 0 saturated carbocycles. The molecule has 3 rings (SSSR count). The smallest absolute Gasteiger partial charge is 0.422 e. The van der Waals surface area contributed by atoms with Gasteiger partial charge in [0.1, 0.15) is 6.17 Å². The van der Waals surface area contributed by atoms with E-state index in [-0.39, 0.29) is 30.0 Å². The molecule has 0 bridgehead atoms. The van der Waals surface area contributed by atoms with Gasteiger partial charge in [0.2, 0.25) is 17.7 Å². The first-order valence-corrected chi connectivity index (χ1v) is 10.7. The third kappa shape index (κ3) is 7.06. The van der Waals surface area contributed by atoms with E-state index >= 15 is 0 Å². The molecule has 1 saturated heterocycles. The minimum Gasteiger partial charge on any atom is -0.468 e. The summed E-state index contributed by atoms with van der Waals surface area (Å²) in [6.45, 7) is 2.48. The highest BCUT2D eigenvalue weighted by atomic mass is 35.5. The molecule has 2 amide bonds. The van der Waals surface area contributed by atoms with E-state index in [1.54, 1.807) is 38.1 Å². The van der Waals surface area contributed by atoms with Crippen molar-refractivity contribution in [2.75, 3.05) is 6.61 Å². The fraction of sp³-hybridized carbons (Fsp3) is 0.409. The maximum absolute atomic E-state index is 12.4. The number of hydrogen-bond donors (Lipinski definition) is 3. The monoisotopic (exact) mass is 484 g/mol. The molecule has 33 heavy (non-hydrogen) atoms. The third-order valence-electron chi connectivity index (χ3n) is 4.97. The Labute approximate surface area is 194 Å². The molecule has 7 nitrogen and oxygen atoms in total. The van der Waals surface area contributed by atoms with E-state index in [0.29, 0.717) is 22.7 Å². The van der Waals surface area contributed by atoms with Gasteiger partial charge in [0.15, 0.2) is 6.61 Å². The quantitative estimate of drug-likeness (QED) is 0.556. The van der Waals surface area contributed by atoms with E-state index in [1.807, 2.05) is 0 Å². The predicted octanol–water partition coefficient (Wildman–Crippen LogP) is 3.80. The fourth-order valence-corrected chi connectivity index (χ4v) is 3.47. The van der Waals surface area contributed by atoms with Crippen molar-refractivity contribution < 1.29 is 27.5 Å². The van der Waals surface area contributed by atoms with Gasteiger partial charge in [-0.15, -0.1) is 0 Å². The van der Waals surface area contributed by atoms with Gasteiger partial charge >= 0.3 is 6.18 Å². The molecule has 1 aliphatic rings.